The molecule has 1 aliphatic carbocycles. The largest absolute Gasteiger partial charge is 0.330 e. The van der Waals surface area contributed by atoms with Crippen LogP contribution in [0.15, 0.2) is 0 Å². The molecule has 1 aliphatic rings. The first-order chi connectivity index (χ1) is 7.33. The smallest absolute Gasteiger partial charge is 0.00507 e. The molecule has 0 radical (unpaired) electrons. The highest BCUT2D eigenvalue weighted by atomic mass is 14.9. The third kappa shape index (κ3) is 6.16. The highest BCUT2D eigenvalue weighted by Crippen LogP contribution is 2.24. The fraction of sp³-hybridized carbons (Fsp3) is 1.00. The summed E-state index contributed by atoms with van der Waals surface area (Å²) in [6, 6.07) is 0.598. The van der Waals surface area contributed by atoms with E-state index in [1.165, 1.54) is 51.5 Å². The van der Waals surface area contributed by atoms with Crippen molar-refractivity contribution in [2.45, 2.75) is 64.3 Å². The first-order valence-corrected chi connectivity index (χ1v) is 6.76. The van der Waals surface area contributed by atoms with E-state index >= 15 is 0 Å². The summed E-state index contributed by atoms with van der Waals surface area (Å²) in [5.41, 5.74) is 5.52. The number of rotatable bonds is 6. The van der Waals surface area contributed by atoms with Gasteiger partial charge in [-0.1, -0.05) is 38.5 Å². The number of hydrogen-bond donors (Lipinski definition) is 2. The standard InChI is InChI=1S/C13H28N2/c1-12(8-10-14)15-11-9-13-6-4-2-3-5-7-13/h12-13,15H,2-11,14H2,1H3. The van der Waals surface area contributed by atoms with Crippen LogP contribution in [0.25, 0.3) is 0 Å². The van der Waals surface area contributed by atoms with E-state index in [9.17, 15) is 0 Å². The molecule has 0 aromatic heterocycles. The highest BCUT2D eigenvalue weighted by molar-refractivity contribution is 4.67. The molecule has 2 nitrogen and oxygen atoms in total. The Bertz CT molecular complexity index is 139. The van der Waals surface area contributed by atoms with Crippen LogP contribution in [-0.4, -0.2) is 19.1 Å². The summed E-state index contributed by atoms with van der Waals surface area (Å²) in [4.78, 5) is 0. The van der Waals surface area contributed by atoms with Crippen LogP contribution in [0.2, 0.25) is 0 Å². The Balaban J connectivity index is 2.02. The van der Waals surface area contributed by atoms with Crippen molar-refractivity contribution < 1.29 is 0 Å². The summed E-state index contributed by atoms with van der Waals surface area (Å²) in [5, 5.41) is 3.57. The van der Waals surface area contributed by atoms with Crippen molar-refractivity contribution in [2.75, 3.05) is 13.1 Å². The molecule has 2 heteroatoms. The number of nitrogens with two attached hydrogens (primary N) is 1. The van der Waals surface area contributed by atoms with E-state index in [4.69, 9.17) is 5.73 Å². The fourth-order valence-corrected chi connectivity index (χ4v) is 2.54. The van der Waals surface area contributed by atoms with Crippen molar-refractivity contribution in [1.29, 1.82) is 0 Å². The van der Waals surface area contributed by atoms with Crippen LogP contribution in [0, 0.1) is 5.92 Å². The minimum absolute atomic E-state index is 0.598. The average Bonchev–Trinajstić information content (AvgIpc) is 2.47. The zero-order valence-electron chi connectivity index (χ0n) is 10.3. The Morgan fingerprint density at radius 1 is 1.20 bits per heavy atom. The molecular weight excluding hydrogens is 184 g/mol. The normalized spacial score (nSPS) is 21.2. The van der Waals surface area contributed by atoms with E-state index in [1.54, 1.807) is 0 Å². The van der Waals surface area contributed by atoms with Crippen molar-refractivity contribution in [2.24, 2.45) is 11.7 Å². The van der Waals surface area contributed by atoms with Crippen molar-refractivity contribution in [3.63, 3.8) is 0 Å². The second-order valence-corrected chi connectivity index (χ2v) is 5.08. The van der Waals surface area contributed by atoms with Crippen LogP contribution in [0.1, 0.15) is 58.3 Å². The Morgan fingerprint density at radius 3 is 2.47 bits per heavy atom. The topological polar surface area (TPSA) is 38.0 Å². The molecule has 0 saturated heterocycles. The van der Waals surface area contributed by atoms with Gasteiger partial charge in [0, 0.05) is 6.04 Å². The van der Waals surface area contributed by atoms with Crippen LogP contribution in [-0.2, 0) is 0 Å². The van der Waals surface area contributed by atoms with E-state index in [1.807, 2.05) is 0 Å². The van der Waals surface area contributed by atoms with Gasteiger partial charge in [0.05, 0.1) is 0 Å². The lowest BCUT2D eigenvalue weighted by molar-refractivity contribution is 0.397. The molecule has 1 atom stereocenters. The fourth-order valence-electron chi connectivity index (χ4n) is 2.54. The molecule has 1 unspecified atom stereocenters. The quantitative estimate of drug-likeness (QED) is 0.664. The predicted molar refractivity (Wildman–Crippen MR) is 66.9 cm³/mol. The molecule has 3 N–H and O–H groups in total. The number of hydrogen-bond acceptors (Lipinski definition) is 2. The molecular formula is C13H28N2. The predicted octanol–water partition coefficient (Wildman–Crippen LogP) is 2.67. The van der Waals surface area contributed by atoms with E-state index < -0.39 is 0 Å². The lowest BCUT2D eigenvalue weighted by Gasteiger charge is -2.17. The van der Waals surface area contributed by atoms with Crippen LogP contribution in [0.3, 0.4) is 0 Å². The van der Waals surface area contributed by atoms with Crippen molar-refractivity contribution in [3.8, 4) is 0 Å². The van der Waals surface area contributed by atoms with Gasteiger partial charge < -0.3 is 11.1 Å². The minimum atomic E-state index is 0.598. The third-order valence-corrected chi connectivity index (χ3v) is 3.62. The molecule has 90 valence electrons. The zero-order valence-corrected chi connectivity index (χ0v) is 10.3. The van der Waals surface area contributed by atoms with Gasteiger partial charge >= 0.3 is 0 Å². The van der Waals surface area contributed by atoms with Gasteiger partial charge in [0.1, 0.15) is 0 Å². The van der Waals surface area contributed by atoms with Gasteiger partial charge in [-0.15, -0.1) is 0 Å². The minimum Gasteiger partial charge on any atom is -0.330 e. The summed E-state index contributed by atoms with van der Waals surface area (Å²) >= 11 is 0. The SMILES string of the molecule is CC(CCN)NCCC1CCCCCC1. The molecule has 1 rings (SSSR count). The Kier molecular flexibility index (Phi) is 7.03. The monoisotopic (exact) mass is 212 g/mol. The maximum Gasteiger partial charge on any atom is 0.00507 e. The molecule has 0 aromatic rings. The van der Waals surface area contributed by atoms with Crippen LogP contribution >= 0.6 is 0 Å². The Morgan fingerprint density at radius 2 is 1.87 bits per heavy atom. The van der Waals surface area contributed by atoms with E-state index in [0.717, 1.165) is 18.9 Å². The lowest BCUT2D eigenvalue weighted by Crippen LogP contribution is -2.30. The summed E-state index contributed by atoms with van der Waals surface area (Å²) in [6.45, 7) is 4.23. The lowest BCUT2D eigenvalue weighted by atomic mass is 9.96. The van der Waals surface area contributed by atoms with Crippen molar-refractivity contribution in [1.82, 2.24) is 5.32 Å². The summed E-state index contributed by atoms with van der Waals surface area (Å²) in [5.74, 6) is 0.991. The zero-order chi connectivity index (χ0) is 10.9. The molecule has 1 saturated carbocycles. The maximum absolute atomic E-state index is 5.52. The molecule has 0 aliphatic heterocycles. The van der Waals surface area contributed by atoms with Gasteiger partial charge in [-0.05, 0) is 38.8 Å². The van der Waals surface area contributed by atoms with Gasteiger partial charge in [0.25, 0.3) is 0 Å². The molecule has 0 amide bonds. The highest BCUT2D eigenvalue weighted by Gasteiger charge is 2.11. The number of nitrogens with one attached hydrogen (secondary N) is 1. The van der Waals surface area contributed by atoms with Gasteiger partial charge in [0.15, 0.2) is 0 Å². The van der Waals surface area contributed by atoms with Gasteiger partial charge in [-0.2, -0.15) is 0 Å². The Hall–Kier alpha value is -0.0800. The summed E-state index contributed by atoms with van der Waals surface area (Å²) < 4.78 is 0. The third-order valence-electron chi connectivity index (χ3n) is 3.62. The van der Waals surface area contributed by atoms with Gasteiger partial charge in [-0.25, -0.2) is 0 Å². The van der Waals surface area contributed by atoms with Crippen molar-refractivity contribution in [3.05, 3.63) is 0 Å². The van der Waals surface area contributed by atoms with Gasteiger partial charge in [0.2, 0.25) is 0 Å². The molecule has 1 fully saturated rings. The second-order valence-electron chi connectivity index (χ2n) is 5.08. The van der Waals surface area contributed by atoms with Crippen LogP contribution < -0.4 is 11.1 Å². The summed E-state index contributed by atoms with van der Waals surface area (Å²) in [7, 11) is 0. The molecule has 15 heavy (non-hydrogen) atoms. The second kappa shape index (κ2) is 8.12. The average molecular weight is 212 g/mol. The van der Waals surface area contributed by atoms with Crippen LogP contribution in [0.4, 0.5) is 0 Å². The van der Waals surface area contributed by atoms with Gasteiger partial charge in [-0.3, -0.25) is 0 Å². The molecule has 0 spiro atoms. The van der Waals surface area contributed by atoms with Crippen molar-refractivity contribution >= 4 is 0 Å². The van der Waals surface area contributed by atoms with E-state index in [2.05, 4.69) is 12.2 Å². The van der Waals surface area contributed by atoms with Crippen LogP contribution in [0.5, 0.6) is 0 Å². The van der Waals surface area contributed by atoms with E-state index in [0.29, 0.717) is 6.04 Å². The first kappa shape index (κ1) is 13.0. The molecule has 0 aromatic carbocycles. The maximum atomic E-state index is 5.52. The summed E-state index contributed by atoms with van der Waals surface area (Å²) in [6.07, 6.45) is 11.3. The molecule has 0 bridgehead atoms. The molecule has 0 heterocycles. The first-order valence-electron chi connectivity index (χ1n) is 6.76. The Labute approximate surface area is 95.0 Å². The van der Waals surface area contributed by atoms with E-state index in [-0.39, 0.29) is 0 Å².